The van der Waals surface area contributed by atoms with Crippen LogP contribution in [0.2, 0.25) is 0 Å². The van der Waals surface area contributed by atoms with Gasteiger partial charge >= 0.3 is 0 Å². The van der Waals surface area contributed by atoms with Crippen LogP contribution in [0.25, 0.3) is 22.4 Å². The maximum absolute atomic E-state index is 13.3. The Labute approximate surface area is 176 Å². The molecule has 0 saturated carbocycles. The fraction of sp³-hybridized carbons (Fsp3) is 0.286. The van der Waals surface area contributed by atoms with E-state index in [1.54, 1.807) is 19.1 Å². The van der Waals surface area contributed by atoms with Gasteiger partial charge in [-0.25, -0.2) is 4.39 Å². The summed E-state index contributed by atoms with van der Waals surface area (Å²) < 4.78 is 29.4. The third kappa shape index (κ3) is 4.37. The molecule has 0 aliphatic carbocycles. The fourth-order valence-electron chi connectivity index (χ4n) is 3.21. The highest BCUT2D eigenvalue weighted by molar-refractivity contribution is 5.93. The van der Waals surface area contributed by atoms with Crippen molar-refractivity contribution in [3.8, 4) is 17.1 Å². The predicted octanol–water partition coefficient (Wildman–Crippen LogP) is 3.07. The van der Waals surface area contributed by atoms with Crippen LogP contribution in [0.5, 0.6) is 5.88 Å². The Bertz CT molecular complexity index is 1210. The SMILES string of the molecule is Cc1nc(OCC(=O)NCCc2c(C)noc2C)c2c(-c3ccc(F)cc3)noc2n1. The van der Waals surface area contributed by atoms with E-state index in [0.717, 1.165) is 17.0 Å². The minimum Gasteiger partial charge on any atom is -0.467 e. The molecule has 4 aromatic rings. The second kappa shape index (κ2) is 8.50. The first-order chi connectivity index (χ1) is 14.9. The van der Waals surface area contributed by atoms with E-state index in [2.05, 4.69) is 25.6 Å². The fourth-order valence-corrected chi connectivity index (χ4v) is 3.21. The average Bonchev–Trinajstić information content (AvgIpc) is 3.30. The average molecular weight is 425 g/mol. The van der Waals surface area contributed by atoms with Crippen LogP contribution in [0.15, 0.2) is 33.3 Å². The van der Waals surface area contributed by atoms with Crippen LogP contribution in [-0.2, 0) is 11.2 Å². The van der Waals surface area contributed by atoms with Crippen LogP contribution < -0.4 is 10.1 Å². The van der Waals surface area contributed by atoms with Crippen molar-refractivity contribution in [2.24, 2.45) is 0 Å². The highest BCUT2D eigenvalue weighted by Crippen LogP contribution is 2.33. The van der Waals surface area contributed by atoms with Crippen molar-refractivity contribution >= 4 is 17.0 Å². The van der Waals surface area contributed by atoms with Crippen LogP contribution >= 0.6 is 0 Å². The van der Waals surface area contributed by atoms with Gasteiger partial charge in [0, 0.05) is 17.7 Å². The van der Waals surface area contributed by atoms with Gasteiger partial charge in [0.15, 0.2) is 6.61 Å². The zero-order chi connectivity index (χ0) is 22.0. The number of hydrogen-bond donors (Lipinski definition) is 1. The Morgan fingerprint density at radius 3 is 2.58 bits per heavy atom. The Morgan fingerprint density at radius 1 is 1.10 bits per heavy atom. The molecular formula is C21H20FN5O4. The van der Waals surface area contributed by atoms with Crippen LogP contribution in [0.3, 0.4) is 0 Å². The van der Waals surface area contributed by atoms with Crippen molar-refractivity contribution in [2.75, 3.05) is 13.2 Å². The number of rotatable bonds is 7. The Kier molecular flexibility index (Phi) is 5.61. The number of carbonyl (C=O) groups excluding carboxylic acids is 1. The zero-order valence-corrected chi connectivity index (χ0v) is 17.2. The number of nitrogens with zero attached hydrogens (tertiary/aromatic N) is 4. The first kappa shape index (κ1) is 20.5. The number of benzene rings is 1. The van der Waals surface area contributed by atoms with E-state index in [4.69, 9.17) is 13.8 Å². The Hall–Kier alpha value is -3.82. The number of amides is 1. The molecule has 0 aliphatic heterocycles. The van der Waals surface area contributed by atoms with Crippen molar-refractivity contribution in [1.29, 1.82) is 0 Å². The maximum Gasteiger partial charge on any atom is 0.265 e. The number of nitrogens with one attached hydrogen (secondary N) is 1. The van der Waals surface area contributed by atoms with Gasteiger partial charge in [-0.3, -0.25) is 4.79 Å². The van der Waals surface area contributed by atoms with Gasteiger partial charge in [0.25, 0.3) is 11.6 Å². The second-order valence-corrected chi connectivity index (χ2v) is 6.99. The molecule has 0 radical (unpaired) electrons. The lowest BCUT2D eigenvalue weighted by Crippen LogP contribution is -2.30. The molecule has 160 valence electrons. The van der Waals surface area contributed by atoms with Crippen LogP contribution in [0, 0.1) is 26.6 Å². The van der Waals surface area contributed by atoms with Gasteiger partial charge in [-0.05, 0) is 51.5 Å². The monoisotopic (exact) mass is 425 g/mol. The predicted molar refractivity (Wildman–Crippen MR) is 108 cm³/mol. The lowest BCUT2D eigenvalue weighted by molar-refractivity contribution is -0.123. The highest BCUT2D eigenvalue weighted by atomic mass is 19.1. The summed E-state index contributed by atoms with van der Waals surface area (Å²) in [5.41, 5.74) is 3.02. The molecule has 0 saturated heterocycles. The summed E-state index contributed by atoms with van der Waals surface area (Å²) in [5.74, 6) is 0.638. The van der Waals surface area contributed by atoms with Crippen molar-refractivity contribution in [3.63, 3.8) is 0 Å². The van der Waals surface area contributed by atoms with Gasteiger partial charge in [0.05, 0.1) is 5.69 Å². The molecule has 1 amide bonds. The minimum absolute atomic E-state index is 0.170. The number of hydrogen-bond acceptors (Lipinski definition) is 8. The maximum atomic E-state index is 13.3. The Morgan fingerprint density at radius 2 is 1.87 bits per heavy atom. The van der Waals surface area contributed by atoms with Crippen LogP contribution in [0.4, 0.5) is 4.39 Å². The molecule has 1 aromatic carbocycles. The summed E-state index contributed by atoms with van der Waals surface area (Å²) in [6.45, 7) is 5.53. The molecule has 0 unspecified atom stereocenters. The summed E-state index contributed by atoms with van der Waals surface area (Å²) in [6, 6.07) is 5.77. The molecule has 3 heterocycles. The summed E-state index contributed by atoms with van der Waals surface area (Å²) in [6.07, 6.45) is 0.601. The highest BCUT2D eigenvalue weighted by Gasteiger charge is 2.20. The molecule has 9 nitrogen and oxygen atoms in total. The van der Waals surface area contributed by atoms with E-state index in [0.29, 0.717) is 35.4 Å². The van der Waals surface area contributed by atoms with E-state index < -0.39 is 0 Å². The molecule has 1 N–H and O–H groups in total. The number of aryl methyl sites for hydroxylation is 3. The lowest BCUT2D eigenvalue weighted by atomic mass is 10.1. The third-order valence-corrected chi connectivity index (χ3v) is 4.75. The molecule has 0 spiro atoms. The lowest BCUT2D eigenvalue weighted by Gasteiger charge is -2.08. The van der Waals surface area contributed by atoms with Gasteiger partial charge < -0.3 is 19.1 Å². The summed E-state index contributed by atoms with van der Waals surface area (Å²) in [5, 5.41) is 11.1. The van der Waals surface area contributed by atoms with Crippen molar-refractivity contribution in [2.45, 2.75) is 27.2 Å². The van der Waals surface area contributed by atoms with Crippen molar-refractivity contribution in [1.82, 2.24) is 25.6 Å². The summed E-state index contributed by atoms with van der Waals surface area (Å²) >= 11 is 0. The molecule has 0 bridgehead atoms. The number of fused-ring (bicyclic) bond motifs is 1. The number of aromatic nitrogens is 4. The summed E-state index contributed by atoms with van der Waals surface area (Å²) in [4.78, 5) is 20.8. The molecular weight excluding hydrogens is 405 g/mol. The molecule has 0 atom stereocenters. The van der Waals surface area contributed by atoms with Gasteiger partial charge in [-0.1, -0.05) is 10.3 Å². The first-order valence-electron chi connectivity index (χ1n) is 9.63. The molecule has 3 aromatic heterocycles. The van der Waals surface area contributed by atoms with E-state index >= 15 is 0 Å². The quantitative estimate of drug-likeness (QED) is 0.480. The van der Waals surface area contributed by atoms with E-state index in [-0.39, 0.29) is 29.9 Å². The van der Waals surface area contributed by atoms with Gasteiger partial charge in [0.2, 0.25) is 5.88 Å². The number of halogens is 1. The van der Waals surface area contributed by atoms with Crippen LogP contribution in [0.1, 0.15) is 22.8 Å². The molecule has 4 rings (SSSR count). The van der Waals surface area contributed by atoms with Crippen LogP contribution in [-0.4, -0.2) is 39.3 Å². The van der Waals surface area contributed by atoms with E-state index in [9.17, 15) is 9.18 Å². The number of ether oxygens (including phenoxy) is 1. The standard InChI is InChI=1S/C21H20FN5O4/c1-11-16(12(2)30-26-11)8-9-23-17(28)10-29-20-18-19(14-4-6-15(22)7-5-14)27-31-21(18)25-13(3)24-20/h4-7H,8-10H2,1-3H3,(H,23,28). The van der Waals surface area contributed by atoms with E-state index in [1.807, 2.05) is 13.8 Å². The number of carbonyl (C=O) groups is 1. The smallest absolute Gasteiger partial charge is 0.265 e. The molecule has 0 aliphatic rings. The van der Waals surface area contributed by atoms with E-state index in [1.165, 1.54) is 12.1 Å². The first-order valence-corrected chi connectivity index (χ1v) is 9.63. The summed E-state index contributed by atoms with van der Waals surface area (Å²) in [7, 11) is 0. The molecule has 31 heavy (non-hydrogen) atoms. The van der Waals surface area contributed by atoms with Crippen molar-refractivity contribution in [3.05, 3.63) is 52.9 Å². The van der Waals surface area contributed by atoms with Gasteiger partial charge in [0.1, 0.15) is 28.5 Å². The minimum atomic E-state index is -0.367. The second-order valence-electron chi connectivity index (χ2n) is 6.99. The van der Waals surface area contributed by atoms with Crippen molar-refractivity contribution < 1.29 is 23.0 Å². The normalized spacial score (nSPS) is 11.1. The molecule has 0 fully saturated rings. The zero-order valence-electron chi connectivity index (χ0n) is 17.2. The molecule has 10 heteroatoms. The van der Waals surface area contributed by atoms with Gasteiger partial charge in [-0.2, -0.15) is 9.97 Å². The third-order valence-electron chi connectivity index (χ3n) is 4.75. The largest absolute Gasteiger partial charge is 0.467 e. The topological polar surface area (TPSA) is 116 Å². The van der Waals surface area contributed by atoms with Gasteiger partial charge in [-0.15, -0.1) is 0 Å². The Balaban J connectivity index is 1.47.